The molecule has 4 heteroatoms. The molecule has 0 fully saturated rings. The lowest BCUT2D eigenvalue weighted by molar-refractivity contribution is -0.116. The van der Waals surface area contributed by atoms with E-state index in [0.717, 1.165) is 11.3 Å². The number of amides is 1. The fourth-order valence-corrected chi connectivity index (χ4v) is 1.06. The molecular weight excluding hydrogens is 178 g/mol. The Balaban J connectivity index is 2.52. The molecule has 2 N–H and O–H groups in total. The van der Waals surface area contributed by atoms with Crippen molar-refractivity contribution in [3.63, 3.8) is 0 Å². The molecule has 0 aromatic carbocycles. The summed E-state index contributed by atoms with van der Waals surface area (Å²) in [6.07, 6.45) is 3.88. The van der Waals surface area contributed by atoms with E-state index in [-0.39, 0.29) is 5.91 Å². The number of carbonyl (C=O) groups is 1. The standard InChI is InChI=1S/C10H15N3O/c1-8-7-12-6-3-9(8)13-10(14)4-5-11-2/h3,6-7,11H,4-5H2,1-2H3,(H,12,13,14). The lowest BCUT2D eigenvalue weighted by Crippen LogP contribution is -2.19. The molecule has 76 valence electrons. The maximum atomic E-state index is 11.4. The number of anilines is 1. The lowest BCUT2D eigenvalue weighted by atomic mass is 10.2. The van der Waals surface area contributed by atoms with Crippen molar-refractivity contribution in [2.45, 2.75) is 13.3 Å². The zero-order valence-electron chi connectivity index (χ0n) is 8.50. The summed E-state index contributed by atoms with van der Waals surface area (Å²) in [5.41, 5.74) is 1.81. The maximum Gasteiger partial charge on any atom is 0.225 e. The highest BCUT2D eigenvalue weighted by atomic mass is 16.1. The van der Waals surface area contributed by atoms with Gasteiger partial charge in [-0.3, -0.25) is 9.78 Å². The molecule has 0 aliphatic carbocycles. The van der Waals surface area contributed by atoms with Crippen LogP contribution in [0, 0.1) is 6.92 Å². The highest BCUT2D eigenvalue weighted by Gasteiger charge is 2.02. The van der Waals surface area contributed by atoms with Gasteiger partial charge >= 0.3 is 0 Å². The van der Waals surface area contributed by atoms with Crippen LogP contribution < -0.4 is 10.6 Å². The normalized spacial score (nSPS) is 9.86. The molecule has 0 saturated carbocycles. The summed E-state index contributed by atoms with van der Waals surface area (Å²) in [7, 11) is 1.82. The molecule has 0 spiro atoms. The van der Waals surface area contributed by atoms with Gasteiger partial charge in [0.15, 0.2) is 0 Å². The number of pyridine rings is 1. The first-order valence-corrected chi connectivity index (χ1v) is 4.59. The molecule has 0 saturated heterocycles. The summed E-state index contributed by atoms with van der Waals surface area (Å²) in [5, 5.41) is 5.75. The fourth-order valence-electron chi connectivity index (χ4n) is 1.06. The molecule has 0 bridgehead atoms. The molecule has 1 aromatic heterocycles. The second-order valence-electron chi connectivity index (χ2n) is 3.09. The van der Waals surface area contributed by atoms with E-state index in [1.54, 1.807) is 18.5 Å². The van der Waals surface area contributed by atoms with Crippen LogP contribution in [0.2, 0.25) is 0 Å². The Morgan fingerprint density at radius 2 is 2.36 bits per heavy atom. The third kappa shape index (κ3) is 3.14. The summed E-state index contributed by atoms with van der Waals surface area (Å²) in [4.78, 5) is 15.3. The van der Waals surface area contributed by atoms with Gasteiger partial charge in [-0.05, 0) is 25.6 Å². The van der Waals surface area contributed by atoms with Gasteiger partial charge in [0.25, 0.3) is 0 Å². The predicted molar refractivity (Wildman–Crippen MR) is 56.1 cm³/mol. The van der Waals surface area contributed by atoms with Crippen molar-refractivity contribution in [2.75, 3.05) is 18.9 Å². The summed E-state index contributed by atoms with van der Waals surface area (Å²) >= 11 is 0. The van der Waals surface area contributed by atoms with E-state index >= 15 is 0 Å². The van der Waals surface area contributed by atoms with Crippen LogP contribution in [0.1, 0.15) is 12.0 Å². The average molecular weight is 193 g/mol. The van der Waals surface area contributed by atoms with E-state index in [1.807, 2.05) is 14.0 Å². The predicted octanol–water partition coefficient (Wildman–Crippen LogP) is 0.938. The van der Waals surface area contributed by atoms with Crippen LogP contribution >= 0.6 is 0 Å². The van der Waals surface area contributed by atoms with E-state index in [9.17, 15) is 4.79 Å². The zero-order valence-corrected chi connectivity index (χ0v) is 8.50. The second kappa shape index (κ2) is 5.34. The lowest BCUT2D eigenvalue weighted by Gasteiger charge is -2.06. The zero-order chi connectivity index (χ0) is 10.4. The molecule has 4 nitrogen and oxygen atoms in total. The summed E-state index contributed by atoms with van der Waals surface area (Å²) in [6.45, 7) is 2.61. The van der Waals surface area contributed by atoms with Crippen molar-refractivity contribution in [1.82, 2.24) is 10.3 Å². The maximum absolute atomic E-state index is 11.4. The van der Waals surface area contributed by atoms with Gasteiger partial charge in [-0.15, -0.1) is 0 Å². The number of nitrogens with one attached hydrogen (secondary N) is 2. The molecule has 0 aliphatic rings. The number of aromatic nitrogens is 1. The molecule has 0 radical (unpaired) electrons. The first-order valence-electron chi connectivity index (χ1n) is 4.59. The summed E-state index contributed by atoms with van der Waals surface area (Å²) in [5.74, 6) is 0.0219. The van der Waals surface area contributed by atoms with Crippen LogP contribution in [0.25, 0.3) is 0 Å². The average Bonchev–Trinajstić information content (AvgIpc) is 2.18. The topological polar surface area (TPSA) is 54.0 Å². The van der Waals surface area contributed by atoms with E-state index in [4.69, 9.17) is 0 Å². The van der Waals surface area contributed by atoms with E-state index < -0.39 is 0 Å². The Kier molecular flexibility index (Phi) is 4.07. The Morgan fingerprint density at radius 3 is 3.00 bits per heavy atom. The molecular formula is C10H15N3O. The molecule has 0 atom stereocenters. The third-order valence-electron chi connectivity index (χ3n) is 1.90. The molecule has 1 rings (SSSR count). The molecule has 1 aromatic rings. The summed E-state index contributed by atoms with van der Waals surface area (Å²) < 4.78 is 0. The molecule has 1 heterocycles. The van der Waals surface area contributed by atoms with Crippen molar-refractivity contribution >= 4 is 11.6 Å². The van der Waals surface area contributed by atoms with Gasteiger partial charge in [0.05, 0.1) is 0 Å². The van der Waals surface area contributed by atoms with Crippen LogP contribution in [0.5, 0.6) is 0 Å². The van der Waals surface area contributed by atoms with Crippen molar-refractivity contribution in [3.8, 4) is 0 Å². The Bertz CT molecular complexity index is 312. The molecule has 14 heavy (non-hydrogen) atoms. The SMILES string of the molecule is CNCCC(=O)Nc1ccncc1C. The number of aryl methyl sites for hydroxylation is 1. The largest absolute Gasteiger partial charge is 0.326 e. The van der Waals surface area contributed by atoms with Crippen molar-refractivity contribution in [2.24, 2.45) is 0 Å². The number of carbonyl (C=O) groups excluding carboxylic acids is 1. The van der Waals surface area contributed by atoms with Gasteiger partial charge in [-0.1, -0.05) is 0 Å². The van der Waals surface area contributed by atoms with Crippen LogP contribution in [-0.4, -0.2) is 24.5 Å². The van der Waals surface area contributed by atoms with E-state index in [1.165, 1.54) is 0 Å². The van der Waals surface area contributed by atoms with Crippen LogP contribution in [-0.2, 0) is 4.79 Å². The first-order chi connectivity index (χ1) is 6.74. The Labute approximate surface area is 83.7 Å². The van der Waals surface area contributed by atoms with Crippen molar-refractivity contribution in [3.05, 3.63) is 24.0 Å². The highest BCUT2D eigenvalue weighted by molar-refractivity contribution is 5.91. The van der Waals surface area contributed by atoms with Gasteiger partial charge in [0, 0.05) is 31.0 Å². The highest BCUT2D eigenvalue weighted by Crippen LogP contribution is 2.11. The van der Waals surface area contributed by atoms with E-state index in [2.05, 4.69) is 15.6 Å². The van der Waals surface area contributed by atoms with Gasteiger partial charge in [0.2, 0.25) is 5.91 Å². The minimum Gasteiger partial charge on any atom is -0.326 e. The molecule has 1 amide bonds. The van der Waals surface area contributed by atoms with Crippen LogP contribution in [0.15, 0.2) is 18.5 Å². The van der Waals surface area contributed by atoms with Crippen LogP contribution in [0.4, 0.5) is 5.69 Å². The fraction of sp³-hybridized carbons (Fsp3) is 0.400. The van der Waals surface area contributed by atoms with Gasteiger partial charge in [-0.2, -0.15) is 0 Å². The first kappa shape index (κ1) is 10.7. The smallest absolute Gasteiger partial charge is 0.225 e. The quantitative estimate of drug-likeness (QED) is 0.748. The minimum atomic E-state index is 0.0219. The van der Waals surface area contributed by atoms with Crippen LogP contribution in [0.3, 0.4) is 0 Å². The molecule has 0 unspecified atom stereocenters. The Hall–Kier alpha value is -1.42. The van der Waals surface area contributed by atoms with Gasteiger partial charge < -0.3 is 10.6 Å². The van der Waals surface area contributed by atoms with Gasteiger partial charge in [0.1, 0.15) is 0 Å². The monoisotopic (exact) mass is 193 g/mol. The van der Waals surface area contributed by atoms with E-state index in [0.29, 0.717) is 13.0 Å². The van der Waals surface area contributed by atoms with Crippen molar-refractivity contribution < 1.29 is 4.79 Å². The summed E-state index contributed by atoms with van der Waals surface area (Å²) in [6, 6.07) is 1.80. The number of rotatable bonds is 4. The van der Waals surface area contributed by atoms with Crippen molar-refractivity contribution in [1.29, 1.82) is 0 Å². The number of hydrogen-bond acceptors (Lipinski definition) is 3. The van der Waals surface area contributed by atoms with Gasteiger partial charge in [-0.25, -0.2) is 0 Å². The molecule has 0 aliphatic heterocycles. The number of hydrogen-bond donors (Lipinski definition) is 2. The second-order valence-corrected chi connectivity index (χ2v) is 3.09. The number of nitrogens with zero attached hydrogens (tertiary/aromatic N) is 1. The minimum absolute atomic E-state index is 0.0219. The Morgan fingerprint density at radius 1 is 1.57 bits per heavy atom. The third-order valence-corrected chi connectivity index (χ3v) is 1.90.